The molecule has 0 aliphatic carbocycles. The molecule has 1 aromatic rings. The van der Waals surface area contributed by atoms with Gasteiger partial charge in [0.05, 0.1) is 17.4 Å². The first-order chi connectivity index (χ1) is 8.20. The monoisotopic (exact) mass is 231 g/mol. The molecule has 1 atom stereocenters. The van der Waals surface area contributed by atoms with Crippen molar-refractivity contribution in [2.45, 2.75) is 19.4 Å². The first-order valence-corrected chi connectivity index (χ1v) is 5.87. The topological polar surface area (TPSA) is 62.3 Å². The molecule has 1 fully saturated rings. The summed E-state index contributed by atoms with van der Waals surface area (Å²) in [5, 5.41) is 9.15. The fraction of sp³-hybridized carbons (Fsp3) is 0.462. The van der Waals surface area contributed by atoms with Crippen molar-refractivity contribution in [1.29, 1.82) is 5.26 Å². The Labute approximate surface area is 102 Å². The molecule has 0 amide bonds. The summed E-state index contributed by atoms with van der Waals surface area (Å²) in [5.41, 5.74) is 7.92. The van der Waals surface area contributed by atoms with E-state index in [4.69, 9.17) is 15.7 Å². The molecule has 1 saturated heterocycles. The minimum atomic E-state index is 0.196. The van der Waals surface area contributed by atoms with Crippen LogP contribution in [0.2, 0.25) is 0 Å². The van der Waals surface area contributed by atoms with Gasteiger partial charge < -0.3 is 15.4 Å². The van der Waals surface area contributed by atoms with Gasteiger partial charge in [0, 0.05) is 25.4 Å². The summed E-state index contributed by atoms with van der Waals surface area (Å²) >= 11 is 0. The highest BCUT2D eigenvalue weighted by molar-refractivity contribution is 5.64. The Morgan fingerprint density at radius 2 is 2.35 bits per heavy atom. The standard InChI is InChI=1S/C13H17N3O/c1-10-9-16(5-2-6-17-10)13-4-3-12(15)7-11(13)8-14/h3-4,7,10H,2,5-6,9,15H2,1H3. The average molecular weight is 231 g/mol. The van der Waals surface area contributed by atoms with Gasteiger partial charge in [-0.25, -0.2) is 0 Å². The fourth-order valence-electron chi connectivity index (χ4n) is 2.13. The van der Waals surface area contributed by atoms with E-state index in [1.807, 2.05) is 12.1 Å². The average Bonchev–Trinajstić information content (AvgIpc) is 2.53. The Kier molecular flexibility index (Phi) is 3.50. The summed E-state index contributed by atoms with van der Waals surface area (Å²) in [6, 6.07) is 7.70. The molecule has 1 heterocycles. The molecule has 2 N–H and O–H groups in total. The zero-order valence-electron chi connectivity index (χ0n) is 10.0. The van der Waals surface area contributed by atoms with Crippen LogP contribution in [-0.2, 0) is 4.74 Å². The van der Waals surface area contributed by atoms with E-state index in [2.05, 4.69) is 17.9 Å². The molecule has 1 aliphatic rings. The van der Waals surface area contributed by atoms with Crippen LogP contribution in [0.5, 0.6) is 0 Å². The Hall–Kier alpha value is -1.73. The van der Waals surface area contributed by atoms with Crippen molar-refractivity contribution in [2.75, 3.05) is 30.3 Å². The summed E-state index contributed by atoms with van der Waals surface area (Å²) in [7, 11) is 0. The summed E-state index contributed by atoms with van der Waals surface area (Å²) in [6.45, 7) is 4.58. The first kappa shape index (κ1) is 11.7. The van der Waals surface area contributed by atoms with E-state index in [9.17, 15) is 0 Å². The largest absolute Gasteiger partial charge is 0.399 e. The van der Waals surface area contributed by atoms with Crippen LogP contribution in [-0.4, -0.2) is 25.8 Å². The zero-order valence-corrected chi connectivity index (χ0v) is 10.0. The van der Waals surface area contributed by atoms with E-state index < -0.39 is 0 Å². The molecule has 17 heavy (non-hydrogen) atoms. The molecule has 0 saturated carbocycles. The molecule has 2 rings (SSSR count). The van der Waals surface area contributed by atoms with Gasteiger partial charge in [0.15, 0.2) is 0 Å². The maximum Gasteiger partial charge on any atom is 0.101 e. The molecule has 1 unspecified atom stereocenters. The Bertz CT molecular complexity index is 439. The number of nitrogens with zero attached hydrogens (tertiary/aromatic N) is 2. The molecule has 90 valence electrons. The van der Waals surface area contributed by atoms with Crippen LogP contribution in [0, 0.1) is 11.3 Å². The van der Waals surface area contributed by atoms with E-state index in [1.165, 1.54) is 0 Å². The molecule has 0 bridgehead atoms. The van der Waals surface area contributed by atoms with Gasteiger partial charge in [-0.3, -0.25) is 0 Å². The normalized spacial score (nSPS) is 20.7. The number of ether oxygens (including phenoxy) is 1. The third kappa shape index (κ3) is 2.69. The summed E-state index contributed by atoms with van der Waals surface area (Å²) in [5.74, 6) is 0. The van der Waals surface area contributed by atoms with Crippen LogP contribution in [0.25, 0.3) is 0 Å². The smallest absolute Gasteiger partial charge is 0.101 e. The lowest BCUT2D eigenvalue weighted by atomic mass is 10.1. The lowest BCUT2D eigenvalue weighted by Gasteiger charge is -2.25. The lowest BCUT2D eigenvalue weighted by molar-refractivity contribution is 0.0821. The van der Waals surface area contributed by atoms with Crippen molar-refractivity contribution < 1.29 is 4.74 Å². The Morgan fingerprint density at radius 3 is 3.12 bits per heavy atom. The summed E-state index contributed by atoms with van der Waals surface area (Å²) in [4.78, 5) is 2.20. The van der Waals surface area contributed by atoms with E-state index in [1.54, 1.807) is 6.07 Å². The molecular weight excluding hydrogens is 214 g/mol. The van der Waals surface area contributed by atoms with Crippen molar-refractivity contribution in [3.8, 4) is 6.07 Å². The zero-order chi connectivity index (χ0) is 12.3. The Balaban J connectivity index is 2.29. The van der Waals surface area contributed by atoms with Crippen LogP contribution in [0.4, 0.5) is 11.4 Å². The summed E-state index contributed by atoms with van der Waals surface area (Å²) < 4.78 is 5.60. The van der Waals surface area contributed by atoms with Crippen LogP contribution in [0.3, 0.4) is 0 Å². The maximum atomic E-state index is 9.15. The molecule has 4 heteroatoms. The number of benzene rings is 1. The van der Waals surface area contributed by atoms with Gasteiger partial charge in [-0.1, -0.05) is 0 Å². The third-order valence-electron chi connectivity index (χ3n) is 2.93. The lowest BCUT2D eigenvalue weighted by Crippen LogP contribution is -2.30. The first-order valence-electron chi connectivity index (χ1n) is 5.87. The van der Waals surface area contributed by atoms with Crippen LogP contribution < -0.4 is 10.6 Å². The number of nitriles is 1. The molecular formula is C13H17N3O. The Morgan fingerprint density at radius 1 is 1.53 bits per heavy atom. The van der Waals surface area contributed by atoms with Crippen molar-refractivity contribution in [1.82, 2.24) is 0 Å². The summed E-state index contributed by atoms with van der Waals surface area (Å²) in [6.07, 6.45) is 1.18. The second kappa shape index (κ2) is 5.07. The van der Waals surface area contributed by atoms with E-state index in [0.717, 1.165) is 31.8 Å². The van der Waals surface area contributed by atoms with Gasteiger partial charge in [-0.15, -0.1) is 0 Å². The van der Waals surface area contributed by atoms with Gasteiger partial charge in [-0.2, -0.15) is 5.26 Å². The molecule has 0 spiro atoms. The second-order valence-electron chi connectivity index (χ2n) is 4.37. The van der Waals surface area contributed by atoms with Gasteiger partial charge >= 0.3 is 0 Å². The number of anilines is 2. The maximum absolute atomic E-state index is 9.15. The molecule has 1 aromatic carbocycles. The number of hydrogen-bond acceptors (Lipinski definition) is 4. The fourth-order valence-corrected chi connectivity index (χ4v) is 2.13. The van der Waals surface area contributed by atoms with E-state index >= 15 is 0 Å². The number of nitrogen functional groups attached to an aromatic ring is 1. The van der Waals surface area contributed by atoms with Gasteiger partial charge in [0.25, 0.3) is 0 Å². The highest BCUT2D eigenvalue weighted by atomic mass is 16.5. The van der Waals surface area contributed by atoms with E-state index in [-0.39, 0.29) is 6.10 Å². The highest BCUT2D eigenvalue weighted by Gasteiger charge is 2.17. The van der Waals surface area contributed by atoms with Crippen molar-refractivity contribution in [3.63, 3.8) is 0 Å². The molecule has 0 aromatic heterocycles. The minimum absolute atomic E-state index is 0.196. The van der Waals surface area contributed by atoms with Gasteiger partial charge in [0.2, 0.25) is 0 Å². The number of rotatable bonds is 1. The molecule has 1 aliphatic heterocycles. The van der Waals surface area contributed by atoms with Crippen molar-refractivity contribution in [2.24, 2.45) is 0 Å². The van der Waals surface area contributed by atoms with Gasteiger partial charge in [-0.05, 0) is 31.5 Å². The van der Waals surface area contributed by atoms with Crippen molar-refractivity contribution >= 4 is 11.4 Å². The van der Waals surface area contributed by atoms with Crippen molar-refractivity contribution in [3.05, 3.63) is 23.8 Å². The molecule has 0 radical (unpaired) electrons. The van der Waals surface area contributed by atoms with Crippen LogP contribution in [0.15, 0.2) is 18.2 Å². The highest BCUT2D eigenvalue weighted by Crippen LogP contribution is 2.24. The molecule has 4 nitrogen and oxygen atoms in total. The predicted octanol–water partition coefficient (Wildman–Crippen LogP) is 1.76. The van der Waals surface area contributed by atoms with Crippen LogP contribution >= 0.6 is 0 Å². The van der Waals surface area contributed by atoms with Gasteiger partial charge in [0.1, 0.15) is 6.07 Å². The third-order valence-corrected chi connectivity index (χ3v) is 2.93. The minimum Gasteiger partial charge on any atom is -0.399 e. The van der Waals surface area contributed by atoms with E-state index in [0.29, 0.717) is 11.3 Å². The second-order valence-corrected chi connectivity index (χ2v) is 4.37. The SMILES string of the molecule is CC1CN(c2ccc(N)cc2C#N)CCCO1. The van der Waals surface area contributed by atoms with Crippen LogP contribution in [0.1, 0.15) is 18.9 Å². The quantitative estimate of drug-likeness (QED) is 0.748. The predicted molar refractivity (Wildman–Crippen MR) is 67.8 cm³/mol. The number of nitrogens with two attached hydrogens (primary N) is 1. The number of hydrogen-bond donors (Lipinski definition) is 1.